The molecule has 0 bridgehead atoms. The standard InChI is InChI=1S/C27H31F3N6O2S/c1-2-39(37,38)23-7-6-14-31-25(23)35-17-12-21-22(13-18-35)33-26(36-15-4-3-5-16-36)34-24(21)32-20-10-8-19(9-11-20)27(28,29)30/h6-11,14H,2-5,12-13,15-18H2,1H3,(H,32,33,34). The van der Waals surface area contributed by atoms with E-state index in [9.17, 15) is 21.6 Å². The molecular formula is C27H31F3N6O2S. The molecule has 1 saturated heterocycles. The summed E-state index contributed by atoms with van der Waals surface area (Å²) in [5.74, 6) is 1.56. The van der Waals surface area contributed by atoms with Crippen molar-refractivity contribution in [3.63, 3.8) is 0 Å². The maximum absolute atomic E-state index is 13.1. The Bertz CT molecular complexity index is 1420. The normalized spacial score (nSPS) is 16.5. The van der Waals surface area contributed by atoms with Gasteiger partial charge in [-0.05, 0) is 62.1 Å². The molecule has 3 aromatic rings. The lowest BCUT2D eigenvalue weighted by molar-refractivity contribution is -0.137. The van der Waals surface area contributed by atoms with Gasteiger partial charge in [0.2, 0.25) is 5.95 Å². The quantitative estimate of drug-likeness (QED) is 0.449. The topological polar surface area (TPSA) is 91.3 Å². The van der Waals surface area contributed by atoms with Crippen molar-refractivity contribution in [3.8, 4) is 0 Å². The van der Waals surface area contributed by atoms with Crippen molar-refractivity contribution in [2.45, 2.75) is 50.1 Å². The number of hydrogen-bond donors (Lipinski definition) is 1. The molecule has 4 heterocycles. The van der Waals surface area contributed by atoms with Gasteiger partial charge in [0.15, 0.2) is 9.84 Å². The monoisotopic (exact) mass is 560 g/mol. The fourth-order valence-corrected chi connectivity index (χ4v) is 6.09. The average Bonchev–Trinajstić information content (AvgIpc) is 3.16. The average molecular weight is 561 g/mol. The highest BCUT2D eigenvalue weighted by Crippen LogP contribution is 2.33. The number of sulfone groups is 1. The molecule has 0 radical (unpaired) electrons. The van der Waals surface area contributed by atoms with Crippen LogP contribution >= 0.6 is 0 Å². The summed E-state index contributed by atoms with van der Waals surface area (Å²) < 4.78 is 64.8. The van der Waals surface area contributed by atoms with Gasteiger partial charge in [-0.1, -0.05) is 6.92 Å². The van der Waals surface area contributed by atoms with E-state index >= 15 is 0 Å². The van der Waals surface area contributed by atoms with E-state index in [-0.39, 0.29) is 10.6 Å². The van der Waals surface area contributed by atoms with E-state index in [0.29, 0.717) is 49.2 Å². The molecule has 2 aromatic heterocycles. The number of nitrogens with zero attached hydrogens (tertiary/aromatic N) is 5. The highest BCUT2D eigenvalue weighted by atomic mass is 32.2. The van der Waals surface area contributed by atoms with Crippen LogP contribution < -0.4 is 15.1 Å². The minimum Gasteiger partial charge on any atom is -0.355 e. The summed E-state index contributed by atoms with van der Waals surface area (Å²) in [5, 5.41) is 3.24. The van der Waals surface area contributed by atoms with Gasteiger partial charge in [0.25, 0.3) is 0 Å². The van der Waals surface area contributed by atoms with E-state index < -0.39 is 21.6 Å². The van der Waals surface area contributed by atoms with Gasteiger partial charge >= 0.3 is 6.18 Å². The summed E-state index contributed by atoms with van der Waals surface area (Å²) in [4.78, 5) is 18.5. The smallest absolute Gasteiger partial charge is 0.355 e. The summed E-state index contributed by atoms with van der Waals surface area (Å²) in [6.45, 7) is 4.31. The molecule has 0 spiro atoms. The first-order valence-electron chi connectivity index (χ1n) is 13.2. The summed E-state index contributed by atoms with van der Waals surface area (Å²) in [7, 11) is -3.47. The van der Waals surface area contributed by atoms with Crippen molar-refractivity contribution in [1.82, 2.24) is 15.0 Å². The Morgan fingerprint density at radius 1 is 0.923 bits per heavy atom. The predicted molar refractivity (Wildman–Crippen MR) is 144 cm³/mol. The molecule has 39 heavy (non-hydrogen) atoms. The maximum atomic E-state index is 13.1. The number of anilines is 4. The molecule has 0 atom stereocenters. The Morgan fingerprint density at radius 2 is 1.64 bits per heavy atom. The number of piperidine rings is 1. The molecule has 5 rings (SSSR count). The summed E-state index contributed by atoms with van der Waals surface area (Å²) in [6, 6.07) is 8.11. The van der Waals surface area contributed by atoms with E-state index in [1.165, 1.54) is 12.1 Å². The Morgan fingerprint density at radius 3 is 2.33 bits per heavy atom. The summed E-state index contributed by atoms with van der Waals surface area (Å²) >= 11 is 0. The Labute approximate surface area is 226 Å². The van der Waals surface area contributed by atoms with E-state index in [0.717, 1.165) is 55.7 Å². The number of nitrogens with one attached hydrogen (secondary N) is 1. The van der Waals surface area contributed by atoms with Crippen LogP contribution in [0.3, 0.4) is 0 Å². The third kappa shape index (κ3) is 5.95. The Kier molecular flexibility index (Phi) is 7.66. The van der Waals surface area contributed by atoms with Crippen LogP contribution in [0.4, 0.5) is 36.4 Å². The third-order valence-electron chi connectivity index (χ3n) is 7.21. The Balaban J connectivity index is 1.49. The number of alkyl halides is 3. The maximum Gasteiger partial charge on any atom is 0.416 e. The van der Waals surface area contributed by atoms with E-state index in [1.807, 2.05) is 4.90 Å². The molecule has 0 unspecified atom stereocenters. The minimum absolute atomic E-state index is 0.0222. The fraction of sp³-hybridized carbons (Fsp3) is 0.444. The van der Waals surface area contributed by atoms with Gasteiger partial charge < -0.3 is 15.1 Å². The largest absolute Gasteiger partial charge is 0.416 e. The van der Waals surface area contributed by atoms with Crippen LogP contribution in [0, 0.1) is 0 Å². The zero-order chi connectivity index (χ0) is 27.6. The predicted octanol–water partition coefficient (Wildman–Crippen LogP) is 5.02. The van der Waals surface area contributed by atoms with Crippen molar-refractivity contribution in [2.24, 2.45) is 0 Å². The highest BCUT2D eigenvalue weighted by Gasteiger charge is 2.30. The van der Waals surface area contributed by atoms with Crippen LogP contribution in [0.15, 0.2) is 47.5 Å². The second-order valence-corrected chi connectivity index (χ2v) is 12.0. The number of benzene rings is 1. The van der Waals surface area contributed by atoms with Gasteiger partial charge in [-0.3, -0.25) is 0 Å². The van der Waals surface area contributed by atoms with E-state index in [4.69, 9.17) is 9.97 Å². The molecule has 12 heteroatoms. The van der Waals surface area contributed by atoms with Crippen LogP contribution in [-0.2, 0) is 28.9 Å². The SMILES string of the molecule is CCS(=O)(=O)c1cccnc1N1CCc2nc(N3CCCCC3)nc(Nc3ccc(C(F)(F)F)cc3)c2CC1. The fourth-order valence-electron chi connectivity index (χ4n) is 5.03. The third-order valence-corrected chi connectivity index (χ3v) is 8.96. The van der Waals surface area contributed by atoms with Crippen molar-refractivity contribution >= 4 is 33.1 Å². The number of halogens is 3. The van der Waals surface area contributed by atoms with Gasteiger partial charge in [-0.2, -0.15) is 18.2 Å². The lowest BCUT2D eigenvalue weighted by Crippen LogP contribution is -2.31. The number of aromatic nitrogens is 3. The molecule has 8 nitrogen and oxygen atoms in total. The van der Waals surface area contributed by atoms with Crippen LogP contribution in [0.5, 0.6) is 0 Å². The van der Waals surface area contributed by atoms with Crippen molar-refractivity contribution in [3.05, 3.63) is 59.4 Å². The van der Waals surface area contributed by atoms with Gasteiger partial charge in [0.05, 0.1) is 17.0 Å². The van der Waals surface area contributed by atoms with Gasteiger partial charge in [0, 0.05) is 50.0 Å². The zero-order valence-electron chi connectivity index (χ0n) is 21.7. The minimum atomic E-state index is -4.41. The van der Waals surface area contributed by atoms with Gasteiger partial charge in [-0.15, -0.1) is 0 Å². The molecule has 2 aliphatic heterocycles. The van der Waals surface area contributed by atoms with Crippen molar-refractivity contribution < 1.29 is 21.6 Å². The molecule has 1 N–H and O–H groups in total. The Hall–Kier alpha value is -3.41. The summed E-state index contributed by atoms with van der Waals surface area (Å²) in [6.07, 6.45) is 1.48. The van der Waals surface area contributed by atoms with Gasteiger partial charge in [-0.25, -0.2) is 18.4 Å². The van der Waals surface area contributed by atoms with E-state index in [1.54, 1.807) is 25.3 Å². The lowest BCUT2D eigenvalue weighted by Gasteiger charge is -2.28. The first-order chi connectivity index (χ1) is 18.7. The van der Waals surface area contributed by atoms with Crippen LogP contribution in [0.25, 0.3) is 0 Å². The zero-order valence-corrected chi connectivity index (χ0v) is 22.5. The molecular weight excluding hydrogens is 529 g/mol. The molecule has 1 fully saturated rings. The number of pyridine rings is 1. The van der Waals surface area contributed by atoms with Crippen molar-refractivity contribution in [2.75, 3.05) is 47.0 Å². The van der Waals surface area contributed by atoms with Gasteiger partial charge in [0.1, 0.15) is 16.5 Å². The van der Waals surface area contributed by atoms with E-state index in [2.05, 4.69) is 15.2 Å². The summed E-state index contributed by atoms with van der Waals surface area (Å²) in [5.41, 5.74) is 1.50. The molecule has 0 aliphatic carbocycles. The molecule has 0 amide bonds. The molecule has 0 saturated carbocycles. The lowest BCUT2D eigenvalue weighted by atomic mass is 10.1. The number of rotatable bonds is 6. The number of fused-ring (bicyclic) bond motifs is 1. The second kappa shape index (κ2) is 11.0. The molecule has 2 aliphatic rings. The highest BCUT2D eigenvalue weighted by molar-refractivity contribution is 7.91. The first kappa shape index (κ1) is 27.2. The molecule has 208 valence electrons. The number of hydrogen-bond acceptors (Lipinski definition) is 8. The van der Waals surface area contributed by atoms with Crippen LogP contribution in [0.1, 0.15) is 43.0 Å². The second-order valence-electron chi connectivity index (χ2n) is 9.76. The van der Waals surface area contributed by atoms with Crippen LogP contribution in [0.2, 0.25) is 0 Å². The first-order valence-corrected chi connectivity index (χ1v) is 14.8. The van der Waals surface area contributed by atoms with Crippen LogP contribution in [-0.4, -0.2) is 55.3 Å². The molecule has 1 aromatic carbocycles. The van der Waals surface area contributed by atoms with Crippen molar-refractivity contribution in [1.29, 1.82) is 0 Å².